The van der Waals surface area contributed by atoms with E-state index in [2.05, 4.69) is 0 Å². The Balaban J connectivity index is 1.93. The Morgan fingerprint density at radius 1 is 1.04 bits per heavy atom. The smallest absolute Gasteiger partial charge is 0.175 e. The number of carbonyl (C=O) groups excluding carboxylic acids is 1. The van der Waals surface area contributed by atoms with Crippen LogP contribution in [0.4, 0.5) is 0 Å². The zero-order valence-corrected chi connectivity index (χ0v) is 15.8. The topological polar surface area (TPSA) is 80.7 Å². The minimum Gasteiger partial charge on any atom is -0.497 e. The number of hydrogen-bond acceptors (Lipinski definition) is 5. The van der Waals surface area contributed by atoms with Crippen LogP contribution in [0.25, 0.3) is 0 Å². The predicted molar refractivity (Wildman–Crippen MR) is 100 cm³/mol. The van der Waals surface area contributed by atoms with Gasteiger partial charge < -0.3 is 9.84 Å². The van der Waals surface area contributed by atoms with Crippen LogP contribution in [0.2, 0.25) is 0 Å². The molecule has 0 heterocycles. The Morgan fingerprint density at radius 2 is 1.62 bits per heavy atom. The van der Waals surface area contributed by atoms with Gasteiger partial charge in [-0.05, 0) is 47.7 Å². The Bertz CT molecular complexity index is 824. The van der Waals surface area contributed by atoms with E-state index in [0.29, 0.717) is 6.42 Å². The molecule has 0 bridgehead atoms. The van der Waals surface area contributed by atoms with Gasteiger partial charge in [0, 0.05) is 25.7 Å². The van der Waals surface area contributed by atoms with Crippen molar-refractivity contribution in [3.8, 4) is 5.75 Å². The van der Waals surface area contributed by atoms with E-state index in [-0.39, 0.29) is 36.0 Å². The molecule has 5 nitrogen and oxygen atoms in total. The molecule has 0 radical (unpaired) electrons. The summed E-state index contributed by atoms with van der Waals surface area (Å²) in [5.74, 6) is 0.638. The van der Waals surface area contributed by atoms with Crippen molar-refractivity contribution in [2.24, 2.45) is 5.92 Å². The summed E-state index contributed by atoms with van der Waals surface area (Å²) in [5, 5.41) is 9.59. The second-order valence-corrected chi connectivity index (χ2v) is 8.45. The summed E-state index contributed by atoms with van der Waals surface area (Å²) in [6.07, 6.45) is 2.26. The first-order chi connectivity index (χ1) is 12.3. The molecular formula is C20H24O5S. The summed E-state index contributed by atoms with van der Waals surface area (Å²) in [6.45, 7) is -0.0647. The number of aliphatic hydroxyl groups is 1. The molecule has 26 heavy (non-hydrogen) atoms. The van der Waals surface area contributed by atoms with Crippen LogP contribution in [0.5, 0.6) is 5.75 Å². The third-order valence-corrected chi connectivity index (χ3v) is 5.34. The van der Waals surface area contributed by atoms with Crippen molar-refractivity contribution in [3.05, 3.63) is 59.7 Å². The van der Waals surface area contributed by atoms with Crippen molar-refractivity contribution in [2.45, 2.75) is 24.2 Å². The van der Waals surface area contributed by atoms with Crippen molar-refractivity contribution in [1.82, 2.24) is 0 Å². The molecule has 0 amide bonds. The molecule has 2 rings (SSSR count). The first-order valence-corrected chi connectivity index (χ1v) is 10.3. The van der Waals surface area contributed by atoms with Gasteiger partial charge in [0.25, 0.3) is 0 Å². The summed E-state index contributed by atoms with van der Waals surface area (Å²) in [6, 6.07) is 13.9. The van der Waals surface area contributed by atoms with Crippen molar-refractivity contribution in [1.29, 1.82) is 0 Å². The summed E-state index contributed by atoms with van der Waals surface area (Å²) in [7, 11) is -1.63. The van der Waals surface area contributed by atoms with Gasteiger partial charge in [0.2, 0.25) is 0 Å². The Labute approximate surface area is 154 Å². The molecule has 0 saturated carbocycles. The second-order valence-electron chi connectivity index (χ2n) is 6.44. The van der Waals surface area contributed by atoms with Gasteiger partial charge >= 0.3 is 0 Å². The second kappa shape index (κ2) is 8.96. The number of rotatable bonds is 9. The number of ketones is 1. The largest absolute Gasteiger partial charge is 0.497 e. The molecule has 2 aromatic carbocycles. The van der Waals surface area contributed by atoms with Crippen molar-refractivity contribution in [2.75, 3.05) is 20.0 Å². The minimum absolute atomic E-state index is 0.0182. The maximum atomic E-state index is 12.3. The van der Waals surface area contributed by atoms with E-state index < -0.39 is 9.84 Å². The summed E-state index contributed by atoms with van der Waals surface area (Å²) in [5.41, 5.74) is 1.80. The van der Waals surface area contributed by atoms with Gasteiger partial charge in [-0.3, -0.25) is 4.79 Å². The van der Waals surface area contributed by atoms with Gasteiger partial charge in [0.05, 0.1) is 12.0 Å². The Morgan fingerprint density at radius 3 is 2.12 bits per heavy atom. The molecule has 0 fully saturated rings. The molecule has 0 aliphatic rings. The normalized spacial score (nSPS) is 12.6. The molecular weight excluding hydrogens is 352 g/mol. The quantitative estimate of drug-likeness (QED) is 0.727. The van der Waals surface area contributed by atoms with Crippen LogP contribution in [0, 0.1) is 5.92 Å². The van der Waals surface area contributed by atoms with Crippen molar-refractivity contribution < 1.29 is 23.1 Å². The molecule has 0 aromatic heterocycles. The molecule has 0 aliphatic heterocycles. The first kappa shape index (κ1) is 20.1. The van der Waals surface area contributed by atoms with Gasteiger partial charge in [-0.25, -0.2) is 8.42 Å². The number of Topliss-reactive ketones (excluding diaryl/α,β-unsaturated/α-hetero) is 1. The monoisotopic (exact) mass is 376 g/mol. The van der Waals surface area contributed by atoms with E-state index in [4.69, 9.17) is 4.74 Å². The maximum Gasteiger partial charge on any atom is 0.175 e. The van der Waals surface area contributed by atoms with Crippen molar-refractivity contribution in [3.63, 3.8) is 0 Å². The van der Waals surface area contributed by atoms with E-state index in [1.165, 1.54) is 12.1 Å². The van der Waals surface area contributed by atoms with Crippen LogP contribution in [0.3, 0.4) is 0 Å². The molecule has 1 unspecified atom stereocenters. The fraction of sp³-hybridized carbons (Fsp3) is 0.350. The van der Waals surface area contributed by atoms with E-state index in [1.807, 2.05) is 24.3 Å². The molecule has 1 N–H and O–H groups in total. The SMILES string of the molecule is COc1ccc(CC(CO)CC(=O)Cc2ccc(S(C)(=O)=O)cc2)cc1. The summed E-state index contributed by atoms with van der Waals surface area (Å²) >= 11 is 0. The summed E-state index contributed by atoms with van der Waals surface area (Å²) < 4.78 is 28.0. The highest BCUT2D eigenvalue weighted by molar-refractivity contribution is 7.90. The fourth-order valence-corrected chi connectivity index (χ4v) is 3.40. The number of carbonyl (C=O) groups is 1. The molecule has 1 atom stereocenters. The molecule has 2 aromatic rings. The third-order valence-electron chi connectivity index (χ3n) is 4.21. The highest BCUT2D eigenvalue weighted by atomic mass is 32.2. The standard InChI is InChI=1S/C20H24O5S/c1-25-19-7-3-15(4-8-19)11-17(14-21)13-18(22)12-16-5-9-20(10-6-16)26(2,23)24/h3-10,17,21H,11-14H2,1-2H3. The van der Waals surface area contributed by atoms with Gasteiger partial charge in [-0.1, -0.05) is 24.3 Å². The number of aliphatic hydroxyl groups excluding tert-OH is 1. The molecule has 0 spiro atoms. The van der Waals surface area contributed by atoms with E-state index in [0.717, 1.165) is 23.1 Å². The lowest BCUT2D eigenvalue weighted by Gasteiger charge is -2.14. The fourth-order valence-electron chi connectivity index (χ4n) is 2.77. The highest BCUT2D eigenvalue weighted by Gasteiger charge is 2.15. The third kappa shape index (κ3) is 5.97. The lowest BCUT2D eigenvalue weighted by atomic mass is 9.93. The minimum atomic E-state index is -3.24. The number of hydrogen-bond donors (Lipinski definition) is 1. The van der Waals surface area contributed by atoms with Crippen LogP contribution in [0.15, 0.2) is 53.4 Å². The lowest BCUT2D eigenvalue weighted by Crippen LogP contribution is -2.16. The zero-order valence-electron chi connectivity index (χ0n) is 15.0. The van der Waals surface area contributed by atoms with Crippen LogP contribution in [-0.4, -0.2) is 39.3 Å². The van der Waals surface area contributed by atoms with Crippen molar-refractivity contribution >= 4 is 15.6 Å². The molecule has 140 valence electrons. The Hall–Kier alpha value is -2.18. The maximum absolute atomic E-state index is 12.3. The average molecular weight is 376 g/mol. The van der Waals surface area contributed by atoms with Crippen LogP contribution < -0.4 is 4.74 Å². The molecule has 0 saturated heterocycles. The number of ether oxygens (including phenoxy) is 1. The molecule has 6 heteroatoms. The van der Waals surface area contributed by atoms with Crippen LogP contribution in [0.1, 0.15) is 17.5 Å². The Kier molecular flexibility index (Phi) is 6.94. The number of methoxy groups -OCH3 is 1. The zero-order chi connectivity index (χ0) is 19.2. The van der Waals surface area contributed by atoms with E-state index in [1.54, 1.807) is 19.2 Å². The van der Waals surface area contributed by atoms with E-state index >= 15 is 0 Å². The van der Waals surface area contributed by atoms with E-state index in [9.17, 15) is 18.3 Å². The first-order valence-electron chi connectivity index (χ1n) is 8.36. The predicted octanol–water partition coefficient (Wildman–Crippen LogP) is 2.45. The van der Waals surface area contributed by atoms with Gasteiger partial charge in [-0.15, -0.1) is 0 Å². The van der Waals surface area contributed by atoms with Gasteiger partial charge in [0.1, 0.15) is 11.5 Å². The van der Waals surface area contributed by atoms with Gasteiger partial charge in [-0.2, -0.15) is 0 Å². The number of benzene rings is 2. The van der Waals surface area contributed by atoms with Gasteiger partial charge in [0.15, 0.2) is 9.84 Å². The van der Waals surface area contributed by atoms with Crippen LogP contribution >= 0.6 is 0 Å². The molecule has 0 aliphatic carbocycles. The average Bonchev–Trinajstić information content (AvgIpc) is 2.61. The number of sulfone groups is 1. The summed E-state index contributed by atoms with van der Waals surface area (Å²) in [4.78, 5) is 12.5. The highest BCUT2D eigenvalue weighted by Crippen LogP contribution is 2.18. The lowest BCUT2D eigenvalue weighted by molar-refractivity contribution is -0.119. The van der Waals surface area contributed by atoms with Crippen LogP contribution in [-0.2, 0) is 27.5 Å².